The normalized spacial score (nSPS) is 11.5. The summed E-state index contributed by atoms with van der Waals surface area (Å²) in [6, 6.07) is 8.13. The number of aryl methyl sites for hydroxylation is 2. The number of nitrogens with zero attached hydrogens (tertiary/aromatic N) is 3. The van der Waals surface area contributed by atoms with Crippen LogP contribution < -0.4 is 10.6 Å². The summed E-state index contributed by atoms with van der Waals surface area (Å²) in [5, 5.41) is 7.74. The third-order valence-corrected chi connectivity index (χ3v) is 5.40. The zero-order valence-corrected chi connectivity index (χ0v) is 23.3. The van der Waals surface area contributed by atoms with Crippen molar-refractivity contribution in [3.63, 3.8) is 0 Å². The van der Waals surface area contributed by atoms with Crippen molar-refractivity contribution in [1.82, 2.24) is 20.5 Å². The maximum atomic E-state index is 12.1. The van der Waals surface area contributed by atoms with E-state index in [9.17, 15) is 4.79 Å². The molecule has 0 unspecified atom stereocenters. The van der Waals surface area contributed by atoms with Crippen LogP contribution in [-0.4, -0.2) is 41.1 Å². The molecule has 2 N–H and O–H groups in total. The van der Waals surface area contributed by atoms with Crippen LogP contribution in [0.1, 0.15) is 54.4 Å². The van der Waals surface area contributed by atoms with E-state index in [2.05, 4.69) is 27.5 Å². The molecule has 32 heavy (non-hydrogen) atoms. The Labute approximate surface area is 213 Å². The highest BCUT2D eigenvalue weighted by Crippen LogP contribution is 2.16. The molecule has 1 heterocycles. The molecule has 0 aliphatic carbocycles. The van der Waals surface area contributed by atoms with Crippen LogP contribution in [0.5, 0.6) is 0 Å². The zero-order valence-electron chi connectivity index (χ0n) is 20.1. The number of aliphatic imine (C=N–C) groups is 1. The van der Waals surface area contributed by atoms with Crippen LogP contribution in [-0.2, 0) is 24.4 Å². The third-order valence-electron chi connectivity index (χ3n) is 4.33. The van der Waals surface area contributed by atoms with Crippen molar-refractivity contribution in [2.45, 2.75) is 66.8 Å². The molecule has 7 nitrogen and oxygen atoms in total. The highest BCUT2D eigenvalue weighted by Gasteiger charge is 2.19. The summed E-state index contributed by atoms with van der Waals surface area (Å²) in [5.74, 6) is 0.779. The number of rotatable bonds is 7. The highest BCUT2D eigenvalue weighted by atomic mass is 127. The van der Waals surface area contributed by atoms with Crippen molar-refractivity contribution in [3.8, 4) is 0 Å². The van der Waals surface area contributed by atoms with Gasteiger partial charge in [-0.1, -0.05) is 24.3 Å². The minimum absolute atomic E-state index is 0. The molecule has 0 saturated carbocycles. The molecule has 0 spiro atoms. The Bertz CT molecular complexity index is 891. The molecule has 1 aromatic heterocycles. The summed E-state index contributed by atoms with van der Waals surface area (Å²) in [5.41, 5.74) is 2.72. The van der Waals surface area contributed by atoms with Gasteiger partial charge in [-0.25, -0.2) is 14.8 Å². The maximum absolute atomic E-state index is 12.1. The fourth-order valence-corrected chi connectivity index (χ4v) is 3.72. The SMILES string of the molecule is CCNC(=NCc1ccc(CN(C)C(=O)OC(C)(C)C)cc1)NCc1sc(C)nc1C.I. The average molecular weight is 574 g/mol. The van der Waals surface area contributed by atoms with E-state index in [0.717, 1.165) is 34.3 Å². The number of nitrogens with one attached hydrogen (secondary N) is 2. The second kappa shape index (κ2) is 13.0. The summed E-state index contributed by atoms with van der Waals surface area (Å²) >= 11 is 1.71. The Morgan fingerprint density at radius 2 is 1.78 bits per heavy atom. The summed E-state index contributed by atoms with van der Waals surface area (Å²) in [6.07, 6.45) is -0.325. The number of amides is 1. The van der Waals surface area contributed by atoms with Crippen LogP contribution in [0.25, 0.3) is 0 Å². The first kappa shape index (κ1) is 28.2. The van der Waals surface area contributed by atoms with E-state index < -0.39 is 5.60 Å². The number of guanidine groups is 1. The van der Waals surface area contributed by atoms with Gasteiger partial charge in [0.05, 0.1) is 23.8 Å². The van der Waals surface area contributed by atoms with Gasteiger partial charge in [-0.05, 0) is 52.7 Å². The summed E-state index contributed by atoms with van der Waals surface area (Å²) < 4.78 is 5.40. The first-order valence-electron chi connectivity index (χ1n) is 10.5. The molecule has 2 aromatic rings. The molecule has 178 valence electrons. The van der Waals surface area contributed by atoms with Crippen molar-refractivity contribution in [3.05, 3.63) is 51.0 Å². The molecule has 0 saturated heterocycles. The number of hydrogen-bond acceptors (Lipinski definition) is 5. The topological polar surface area (TPSA) is 78.9 Å². The molecule has 0 bridgehead atoms. The number of hydrogen-bond donors (Lipinski definition) is 2. The van der Waals surface area contributed by atoms with Gasteiger partial charge >= 0.3 is 6.09 Å². The first-order valence-corrected chi connectivity index (χ1v) is 11.4. The lowest BCUT2D eigenvalue weighted by molar-refractivity contribution is 0.0285. The Morgan fingerprint density at radius 1 is 1.16 bits per heavy atom. The molecule has 0 fully saturated rings. The minimum atomic E-state index is -0.497. The lowest BCUT2D eigenvalue weighted by Gasteiger charge is -2.24. The predicted octanol–water partition coefficient (Wildman–Crippen LogP) is 5.00. The number of carbonyl (C=O) groups is 1. The quantitative estimate of drug-likeness (QED) is 0.277. The Morgan fingerprint density at radius 3 is 2.31 bits per heavy atom. The smallest absolute Gasteiger partial charge is 0.410 e. The van der Waals surface area contributed by atoms with Gasteiger partial charge in [0.2, 0.25) is 0 Å². The van der Waals surface area contributed by atoms with E-state index in [0.29, 0.717) is 19.6 Å². The summed E-state index contributed by atoms with van der Waals surface area (Å²) in [4.78, 5) is 24.1. The molecule has 0 radical (unpaired) electrons. The van der Waals surface area contributed by atoms with E-state index in [1.165, 1.54) is 4.88 Å². The molecule has 9 heteroatoms. The van der Waals surface area contributed by atoms with Gasteiger partial charge < -0.3 is 20.3 Å². The van der Waals surface area contributed by atoms with E-state index in [-0.39, 0.29) is 30.1 Å². The van der Waals surface area contributed by atoms with Gasteiger partial charge in [-0.2, -0.15) is 0 Å². The summed E-state index contributed by atoms with van der Waals surface area (Å²) in [7, 11) is 1.74. The molecule has 0 atom stereocenters. The number of aromatic nitrogens is 1. The Kier molecular flexibility index (Phi) is 11.4. The van der Waals surface area contributed by atoms with Crippen molar-refractivity contribution < 1.29 is 9.53 Å². The third kappa shape index (κ3) is 9.72. The second-order valence-electron chi connectivity index (χ2n) is 8.44. The van der Waals surface area contributed by atoms with Gasteiger partial charge in [0, 0.05) is 25.0 Å². The fourth-order valence-electron chi connectivity index (χ4n) is 2.84. The highest BCUT2D eigenvalue weighted by molar-refractivity contribution is 14.0. The largest absolute Gasteiger partial charge is 0.444 e. The van der Waals surface area contributed by atoms with E-state index in [4.69, 9.17) is 4.74 Å². The van der Waals surface area contributed by atoms with Crippen LogP contribution in [0.4, 0.5) is 4.79 Å². The van der Waals surface area contributed by atoms with Crippen LogP contribution in [0, 0.1) is 13.8 Å². The second-order valence-corrected chi connectivity index (χ2v) is 9.73. The van der Waals surface area contributed by atoms with Crippen molar-refractivity contribution in [2.24, 2.45) is 4.99 Å². The van der Waals surface area contributed by atoms with E-state index >= 15 is 0 Å². The minimum Gasteiger partial charge on any atom is -0.444 e. The van der Waals surface area contributed by atoms with Gasteiger partial charge in [-0.3, -0.25) is 0 Å². The van der Waals surface area contributed by atoms with Crippen molar-refractivity contribution >= 4 is 47.4 Å². The number of benzene rings is 1. The van der Waals surface area contributed by atoms with Crippen LogP contribution in [0.15, 0.2) is 29.3 Å². The van der Waals surface area contributed by atoms with E-state index in [1.54, 1.807) is 23.3 Å². The van der Waals surface area contributed by atoms with E-state index in [1.807, 2.05) is 58.9 Å². The zero-order chi connectivity index (χ0) is 23.0. The summed E-state index contributed by atoms with van der Waals surface area (Å²) in [6.45, 7) is 14.3. The van der Waals surface area contributed by atoms with Crippen LogP contribution in [0.2, 0.25) is 0 Å². The Balaban J connectivity index is 0.00000512. The monoisotopic (exact) mass is 573 g/mol. The molecule has 1 amide bonds. The lowest BCUT2D eigenvalue weighted by atomic mass is 10.1. The first-order chi connectivity index (χ1) is 14.6. The molecule has 0 aliphatic rings. The van der Waals surface area contributed by atoms with Crippen molar-refractivity contribution in [2.75, 3.05) is 13.6 Å². The van der Waals surface area contributed by atoms with Gasteiger partial charge in [0.25, 0.3) is 0 Å². The lowest BCUT2D eigenvalue weighted by Crippen LogP contribution is -2.36. The molecular weight excluding hydrogens is 537 g/mol. The molecule has 0 aliphatic heterocycles. The number of thiazole rings is 1. The van der Waals surface area contributed by atoms with Crippen molar-refractivity contribution in [1.29, 1.82) is 0 Å². The molecule has 1 aromatic carbocycles. The maximum Gasteiger partial charge on any atom is 0.410 e. The number of carbonyl (C=O) groups excluding carboxylic acids is 1. The van der Waals surface area contributed by atoms with Crippen LogP contribution in [0.3, 0.4) is 0 Å². The van der Waals surface area contributed by atoms with Gasteiger partial charge in [0.1, 0.15) is 5.60 Å². The van der Waals surface area contributed by atoms with Crippen LogP contribution >= 0.6 is 35.3 Å². The molecule has 2 rings (SSSR count). The fraction of sp³-hybridized carbons (Fsp3) is 0.522. The van der Waals surface area contributed by atoms with Gasteiger partial charge in [-0.15, -0.1) is 35.3 Å². The predicted molar refractivity (Wildman–Crippen MR) is 143 cm³/mol. The standard InChI is InChI=1S/C23H35N5O2S.HI/c1-8-24-21(26-14-20-16(2)27-17(3)31-20)25-13-18-9-11-19(12-10-18)15-28(7)22(29)30-23(4,5)6;/h9-12H,8,13-15H2,1-7H3,(H2,24,25,26);1H. The Hall–Kier alpha value is -1.88. The van der Waals surface area contributed by atoms with Gasteiger partial charge in [0.15, 0.2) is 5.96 Å². The number of halogens is 1. The molecular formula is C23H36IN5O2S. The average Bonchev–Trinajstić information content (AvgIpc) is 3.01. The number of ether oxygens (including phenoxy) is 1.